The fraction of sp³-hybridized carbons (Fsp3) is 0.364. The lowest BCUT2D eigenvalue weighted by atomic mass is 10.2. The minimum atomic E-state index is -0.0689. The van der Waals surface area contributed by atoms with Crippen LogP contribution in [0.4, 0.5) is 5.13 Å². The smallest absolute Gasteiger partial charge is 0.232 e. The Labute approximate surface area is 108 Å². The second kappa shape index (κ2) is 5.37. The van der Waals surface area contributed by atoms with Crippen molar-refractivity contribution in [1.82, 2.24) is 9.97 Å². The third-order valence-electron chi connectivity index (χ3n) is 2.18. The summed E-state index contributed by atoms with van der Waals surface area (Å²) >= 11 is 2.95. The third kappa shape index (κ3) is 3.34. The zero-order valence-corrected chi connectivity index (χ0v) is 11.3. The van der Waals surface area contributed by atoms with E-state index in [2.05, 4.69) is 29.1 Å². The fourth-order valence-electron chi connectivity index (χ4n) is 1.26. The van der Waals surface area contributed by atoms with Gasteiger partial charge in [-0.05, 0) is 5.92 Å². The van der Waals surface area contributed by atoms with Crippen LogP contribution in [0.25, 0.3) is 0 Å². The number of carbonyl (C=O) groups is 1. The van der Waals surface area contributed by atoms with E-state index in [0.29, 0.717) is 17.5 Å². The molecule has 17 heavy (non-hydrogen) atoms. The normalized spacial score (nSPS) is 10.8. The molecule has 2 aromatic heterocycles. The molecule has 2 heterocycles. The van der Waals surface area contributed by atoms with Gasteiger partial charge >= 0.3 is 0 Å². The molecule has 0 unspecified atom stereocenters. The van der Waals surface area contributed by atoms with E-state index in [-0.39, 0.29) is 5.91 Å². The molecule has 0 aliphatic carbocycles. The highest BCUT2D eigenvalue weighted by atomic mass is 32.1. The monoisotopic (exact) mass is 267 g/mol. The van der Waals surface area contributed by atoms with Gasteiger partial charge in [0.05, 0.1) is 23.3 Å². The van der Waals surface area contributed by atoms with E-state index >= 15 is 0 Å². The Morgan fingerprint density at radius 1 is 1.47 bits per heavy atom. The molecule has 1 amide bonds. The van der Waals surface area contributed by atoms with Crippen LogP contribution in [0.5, 0.6) is 0 Å². The molecule has 0 saturated heterocycles. The number of rotatable bonds is 4. The van der Waals surface area contributed by atoms with Crippen molar-refractivity contribution in [2.24, 2.45) is 0 Å². The molecule has 2 rings (SSSR count). The molecular weight excluding hydrogens is 254 g/mol. The summed E-state index contributed by atoms with van der Waals surface area (Å²) in [5.74, 6) is 0.316. The van der Waals surface area contributed by atoms with Crippen LogP contribution in [0, 0.1) is 0 Å². The summed E-state index contributed by atoms with van der Waals surface area (Å²) in [7, 11) is 0. The highest BCUT2D eigenvalue weighted by molar-refractivity contribution is 7.14. The standard InChI is InChI=1S/C11H13N3OS2/c1-7(2)9-5-17-11(13-9)14-10(15)3-8-4-16-6-12-8/h4-7H,3H2,1-2H3,(H,13,14,15). The predicted molar refractivity (Wildman–Crippen MR) is 70.7 cm³/mol. The number of carbonyl (C=O) groups excluding carboxylic acids is 1. The van der Waals surface area contributed by atoms with Gasteiger partial charge in [-0.1, -0.05) is 13.8 Å². The topological polar surface area (TPSA) is 54.9 Å². The first-order valence-corrected chi connectivity index (χ1v) is 7.09. The number of hydrogen-bond acceptors (Lipinski definition) is 5. The molecule has 0 fully saturated rings. The van der Waals surface area contributed by atoms with Gasteiger partial charge in [-0.3, -0.25) is 4.79 Å². The van der Waals surface area contributed by atoms with Crippen molar-refractivity contribution in [1.29, 1.82) is 0 Å². The highest BCUT2D eigenvalue weighted by Crippen LogP contribution is 2.21. The molecule has 0 radical (unpaired) electrons. The molecule has 6 heteroatoms. The van der Waals surface area contributed by atoms with Crippen LogP contribution in [0.15, 0.2) is 16.3 Å². The predicted octanol–water partition coefficient (Wildman–Crippen LogP) is 2.90. The first-order valence-electron chi connectivity index (χ1n) is 5.27. The minimum Gasteiger partial charge on any atom is -0.302 e. The Balaban J connectivity index is 1.93. The number of amides is 1. The minimum absolute atomic E-state index is 0.0689. The molecule has 2 aromatic rings. The molecule has 0 atom stereocenters. The van der Waals surface area contributed by atoms with Gasteiger partial charge in [-0.15, -0.1) is 22.7 Å². The van der Waals surface area contributed by atoms with E-state index in [1.807, 2.05) is 10.8 Å². The summed E-state index contributed by atoms with van der Waals surface area (Å²) in [6.45, 7) is 4.16. The van der Waals surface area contributed by atoms with E-state index in [9.17, 15) is 4.79 Å². The number of anilines is 1. The van der Waals surface area contributed by atoms with Gasteiger partial charge in [-0.2, -0.15) is 0 Å². The Hall–Kier alpha value is -1.27. The summed E-state index contributed by atoms with van der Waals surface area (Å²) in [5.41, 5.74) is 3.54. The summed E-state index contributed by atoms with van der Waals surface area (Å²) in [6.07, 6.45) is 0.306. The Morgan fingerprint density at radius 2 is 2.29 bits per heavy atom. The summed E-state index contributed by atoms with van der Waals surface area (Å²) in [5, 5.41) is 7.30. The van der Waals surface area contributed by atoms with Gasteiger partial charge in [0.15, 0.2) is 5.13 Å². The molecule has 4 nitrogen and oxygen atoms in total. The van der Waals surface area contributed by atoms with Crippen molar-refractivity contribution in [3.63, 3.8) is 0 Å². The van der Waals surface area contributed by atoms with Crippen molar-refractivity contribution in [2.45, 2.75) is 26.2 Å². The fourth-order valence-corrected chi connectivity index (χ4v) is 2.71. The maximum absolute atomic E-state index is 11.7. The van der Waals surface area contributed by atoms with E-state index in [1.54, 1.807) is 5.51 Å². The average molecular weight is 267 g/mol. The van der Waals surface area contributed by atoms with Crippen LogP contribution in [-0.2, 0) is 11.2 Å². The van der Waals surface area contributed by atoms with Gasteiger partial charge in [0, 0.05) is 10.8 Å². The van der Waals surface area contributed by atoms with Crippen LogP contribution >= 0.6 is 22.7 Å². The Morgan fingerprint density at radius 3 is 2.88 bits per heavy atom. The third-order valence-corrected chi connectivity index (χ3v) is 3.60. The summed E-state index contributed by atoms with van der Waals surface area (Å²) in [6, 6.07) is 0. The molecule has 1 N–H and O–H groups in total. The number of thiazole rings is 2. The van der Waals surface area contributed by atoms with E-state index in [1.165, 1.54) is 22.7 Å². The zero-order chi connectivity index (χ0) is 12.3. The second-order valence-corrected chi connectivity index (χ2v) is 5.51. The van der Waals surface area contributed by atoms with Gasteiger partial charge in [0.2, 0.25) is 5.91 Å². The molecule has 0 aliphatic heterocycles. The van der Waals surface area contributed by atoms with E-state index in [4.69, 9.17) is 0 Å². The van der Waals surface area contributed by atoms with Gasteiger partial charge < -0.3 is 5.32 Å². The lowest BCUT2D eigenvalue weighted by Gasteiger charge is -2.00. The van der Waals surface area contributed by atoms with E-state index in [0.717, 1.165) is 11.4 Å². The maximum Gasteiger partial charge on any atom is 0.232 e. The van der Waals surface area contributed by atoms with Crippen LogP contribution in [0.3, 0.4) is 0 Å². The number of nitrogens with one attached hydrogen (secondary N) is 1. The second-order valence-electron chi connectivity index (χ2n) is 3.94. The first-order chi connectivity index (χ1) is 8.15. The SMILES string of the molecule is CC(C)c1csc(NC(=O)Cc2cscn2)n1. The maximum atomic E-state index is 11.7. The average Bonchev–Trinajstić information content (AvgIpc) is 2.88. The molecule has 0 aliphatic rings. The van der Waals surface area contributed by atoms with Crippen molar-refractivity contribution >= 4 is 33.7 Å². The van der Waals surface area contributed by atoms with Crippen LogP contribution < -0.4 is 5.32 Å². The molecule has 0 spiro atoms. The van der Waals surface area contributed by atoms with Crippen molar-refractivity contribution in [3.8, 4) is 0 Å². The quantitative estimate of drug-likeness (QED) is 0.926. The van der Waals surface area contributed by atoms with Crippen molar-refractivity contribution in [2.75, 3.05) is 5.32 Å². The van der Waals surface area contributed by atoms with Crippen LogP contribution in [0.1, 0.15) is 31.2 Å². The molecule has 0 bridgehead atoms. The Bertz CT molecular complexity index is 491. The molecular formula is C11H13N3OS2. The van der Waals surface area contributed by atoms with Gasteiger partial charge in [-0.25, -0.2) is 9.97 Å². The molecule has 90 valence electrons. The van der Waals surface area contributed by atoms with Crippen LogP contribution in [0.2, 0.25) is 0 Å². The van der Waals surface area contributed by atoms with Crippen molar-refractivity contribution in [3.05, 3.63) is 27.7 Å². The molecule has 0 aromatic carbocycles. The first kappa shape index (κ1) is 12.2. The summed E-state index contributed by atoms with van der Waals surface area (Å²) < 4.78 is 0. The largest absolute Gasteiger partial charge is 0.302 e. The van der Waals surface area contributed by atoms with Crippen molar-refractivity contribution < 1.29 is 4.79 Å². The highest BCUT2D eigenvalue weighted by Gasteiger charge is 2.09. The number of aromatic nitrogens is 2. The lowest BCUT2D eigenvalue weighted by Crippen LogP contribution is -2.14. The number of hydrogen-bond donors (Lipinski definition) is 1. The summed E-state index contributed by atoms with van der Waals surface area (Å²) in [4.78, 5) is 20.1. The van der Waals surface area contributed by atoms with Crippen LogP contribution in [-0.4, -0.2) is 15.9 Å². The lowest BCUT2D eigenvalue weighted by molar-refractivity contribution is -0.115. The Kier molecular flexibility index (Phi) is 3.86. The van der Waals surface area contributed by atoms with Gasteiger partial charge in [0.1, 0.15) is 0 Å². The number of nitrogens with zero attached hydrogens (tertiary/aromatic N) is 2. The molecule has 0 saturated carbocycles. The zero-order valence-electron chi connectivity index (χ0n) is 9.64. The van der Waals surface area contributed by atoms with Gasteiger partial charge in [0.25, 0.3) is 0 Å². The van der Waals surface area contributed by atoms with E-state index < -0.39 is 0 Å².